The number of hydrogen-bond donors (Lipinski definition) is 1. The second-order valence-electron chi connectivity index (χ2n) is 3.34. The summed E-state index contributed by atoms with van der Waals surface area (Å²) in [6, 6.07) is 7.22. The SMILES string of the molecule is CC(C(=O)O)c1oc2ccccc2c1Cl. The molecule has 1 heterocycles. The largest absolute Gasteiger partial charge is 0.481 e. The van der Waals surface area contributed by atoms with Crippen molar-refractivity contribution < 1.29 is 14.3 Å². The number of carboxylic acids is 1. The number of carboxylic acid groups (broad SMARTS) is 1. The number of hydrogen-bond acceptors (Lipinski definition) is 2. The third-order valence-corrected chi connectivity index (χ3v) is 2.71. The topological polar surface area (TPSA) is 50.4 Å². The Bertz CT molecular complexity index is 516. The average molecular weight is 225 g/mol. The molecule has 0 aliphatic carbocycles. The molecule has 3 nitrogen and oxygen atoms in total. The Labute approximate surface area is 91.3 Å². The van der Waals surface area contributed by atoms with Gasteiger partial charge < -0.3 is 9.52 Å². The maximum absolute atomic E-state index is 10.8. The van der Waals surface area contributed by atoms with E-state index >= 15 is 0 Å². The molecule has 0 aliphatic heterocycles. The summed E-state index contributed by atoms with van der Waals surface area (Å²) < 4.78 is 5.41. The molecule has 1 N–H and O–H groups in total. The molecule has 0 radical (unpaired) electrons. The van der Waals surface area contributed by atoms with Gasteiger partial charge >= 0.3 is 5.97 Å². The van der Waals surface area contributed by atoms with Gasteiger partial charge in [0.2, 0.25) is 0 Å². The zero-order valence-electron chi connectivity index (χ0n) is 8.03. The van der Waals surface area contributed by atoms with Gasteiger partial charge in [-0.2, -0.15) is 0 Å². The molecular formula is C11H9ClO3. The van der Waals surface area contributed by atoms with Crippen LogP contribution >= 0.6 is 11.6 Å². The number of halogens is 1. The zero-order valence-corrected chi connectivity index (χ0v) is 8.78. The van der Waals surface area contributed by atoms with Gasteiger partial charge in [0.15, 0.2) is 0 Å². The van der Waals surface area contributed by atoms with Crippen molar-refractivity contribution in [2.45, 2.75) is 12.8 Å². The lowest BCUT2D eigenvalue weighted by atomic mass is 10.1. The third-order valence-electron chi connectivity index (χ3n) is 2.32. The van der Waals surface area contributed by atoms with Crippen molar-refractivity contribution in [2.75, 3.05) is 0 Å². The fourth-order valence-corrected chi connectivity index (χ4v) is 1.78. The summed E-state index contributed by atoms with van der Waals surface area (Å²) >= 11 is 6.04. The van der Waals surface area contributed by atoms with Crippen molar-refractivity contribution >= 4 is 28.5 Å². The highest BCUT2D eigenvalue weighted by Crippen LogP contribution is 2.34. The van der Waals surface area contributed by atoms with Gasteiger partial charge in [-0.1, -0.05) is 23.7 Å². The van der Waals surface area contributed by atoms with Gasteiger partial charge in [-0.25, -0.2) is 0 Å². The number of para-hydroxylation sites is 1. The Morgan fingerprint density at radius 1 is 1.47 bits per heavy atom. The van der Waals surface area contributed by atoms with Crippen molar-refractivity contribution in [3.05, 3.63) is 35.0 Å². The molecular weight excluding hydrogens is 216 g/mol. The van der Waals surface area contributed by atoms with E-state index in [1.807, 2.05) is 12.1 Å². The number of carbonyl (C=O) groups is 1. The summed E-state index contributed by atoms with van der Waals surface area (Å²) in [7, 11) is 0. The molecule has 1 unspecified atom stereocenters. The van der Waals surface area contributed by atoms with E-state index in [0.717, 1.165) is 5.39 Å². The second kappa shape index (κ2) is 3.59. The molecule has 1 aromatic carbocycles. The molecule has 0 bridgehead atoms. The van der Waals surface area contributed by atoms with Gasteiger partial charge in [0.1, 0.15) is 17.3 Å². The Balaban J connectivity index is 2.63. The van der Waals surface area contributed by atoms with E-state index < -0.39 is 11.9 Å². The molecule has 4 heteroatoms. The van der Waals surface area contributed by atoms with Gasteiger partial charge in [0.25, 0.3) is 0 Å². The highest BCUT2D eigenvalue weighted by atomic mass is 35.5. The minimum atomic E-state index is -0.948. The van der Waals surface area contributed by atoms with Crippen molar-refractivity contribution in [3.8, 4) is 0 Å². The molecule has 2 rings (SSSR count). The molecule has 0 saturated heterocycles. The van der Waals surface area contributed by atoms with E-state index in [1.54, 1.807) is 19.1 Å². The van der Waals surface area contributed by atoms with Crippen molar-refractivity contribution in [1.82, 2.24) is 0 Å². The average Bonchev–Trinajstić information content (AvgIpc) is 2.56. The van der Waals surface area contributed by atoms with Crippen molar-refractivity contribution in [3.63, 3.8) is 0 Å². The predicted molar refractivity (Wildman–Crippen MR) is 57.3 cm³/mol. The highest BCUT2D eigenvalue weighted by Gasteiger charge is 2.23. The van der Waals surface area contributed by atoms with E-state index in [4.69, 9.17) is 21.1 Å². The molecule has 0 saturated carbocycles. The van der Waals surface area contributed by atoms with E-state index in [9.17, 15) is 4.79 Å². The van der Waals surface area contributed by atoms with E-state index in [-0.39, 0.29) is 0 Å². The maximum atomic E-state index is 10.8. The first-order valence-corrected chi connectivity index (χ1v) is 4.88. The van der Waals surface area contributed by atoms with Gasteiger partial charge in [0.05, 0.1) is 5.02 Å². The fraction of sp³-hybridized carbons (Fsp3) is 0.182. The van der Waals surface area contributed by atoms with Crippen LogP contribution in [-0.4, -0.2) is 11.1 Å². The van der Waals surface area contributed by atoms with Gasteiger partial charge in [0, 0.05) is 5.39 Å². The fourth-order valence-electron chi connectivity index (χ4n) is 1.42. The third kappa shape index (κ3) is 1.59. The highest BCUT2D eigenvalue weighted by molar-refractivity contribution is 6.36. The van der Waals surface area contributed by atoms with Crippen LogP contribution in [0.3, 0.4) is 0 Å². The van der Waals surface area contributed by atoms with E-state index in [1.165, 1.54) is 0 Å². The number of rotatable bonds is 2. The zero-order chi connectivity index (χ0) is 11.0. The van der Waals surface area contributed by atoms with Crippen molar-refractivity contribution in [1.29, 1.82) is 0 Å². The van der Waals surface area contributed by atoms with Crippen molar-refractivity contribution in [2.24, 2.45) is 0 Å². The minimum Gasteiger partial charge on any atom is -0.481 e. The van der Waals surface area contributed by atoms with Crippen LogP contribution < -0.4 is 0 Å². The van der Waals surface area contributed by atoms with Crippen LogP contribution in [-0.2, 0) is 4.79 Å². The van der Waals surface area contributed by atoms with Crippen LogP contribution in [0, 0.1) is 0 Å². The summed E-state index contributed by atoms with van der Waals surface area (Å²) in [6.07, 6.45) is 0. The molecule has 2 aromatic rings. The second-order valence-corrected chi connectivity index (χ2v) is 3.71. The van der Waals surface area contributed by atoms with Gasteiger partial charge in [-0.15, -0.1) is 0 Å². The van der Waals surface area contributed by atoms with Crippen LogP contribution in [0.1, 0.15) is 18.6 Å². The van der Waals surface area contributed by atoms with Gasteiger partial charge in [-0.3, -0.25) is 4.79 Å². The summed E-state index contributed by atoms with van der Waals surface area (Å²) in [4.78, 5) is 10.8. The predicted octanol–water partition coefficient (Wildman–Crippen LogP) is 3.27. The first-order valence-electron chi connectivity index (χ1n) is 4.51. The monoisotopic (exact) mass is 224 g/mol. The lowest BCUT2D eigenvalue weighted by molar-refractivity contribution is -0.138. The van der Waals surface area contributed by atoms with Crippen LogP contribution in [0.4, 0.5) is 0 Å². The number of aliphatic carboxylic acids is 1. The summed E-state index contributed by atoms with van der Waals surface area (Å²) in [5, 5.41) is 10.0. The first-order chi connectivity index (χ1) is 7.11. The van der Waals surface area contributed by atoms with E-state index in [0.29, 0.717) is 16.4 Å². The number of fused-ring (bicyclic) bond motifs is 1. The quantitative estimate of drug-likeness (QED) is 0.852. The summed E-state index contributed by atoms with van der Waals surface area (Å²) in [5.41, 5.74) is 0.616. The van der Waals surface area contributed by atoms with Gasteiger partial charge in [-0.05, 0) is 19.1 Å². The van der Waals surface area contributed by atoms with Crippen LogP contribution in [0.15, 0.2) is 28.7 Å². The molecule has 0 fully saturated rings. The van der Waals surface area contributed by atoms with Crippen LogP contribution in [0.5, 0.6) is 0 Å². The maximum Gasteiger partial charge on any atom is 0.313 e. The first kappa shape index (κ1) is 10.1. The minimum absolute atomic E-state index is 0.311. The Morgan fingerprint density at radius 2 is 2.13 bits per heavy atom. The lowest BCUT2D eigenvalue weighted by Crippen LogP contribution is -2.06. The molecule has 0 amide bonds. The number of benzene rings is 1. The van der Waals surface area contributed by atoms with Crippen LogP contribution in [0.25, 0.3) is 11.0 Å². The molecule has 1 aromatic heterocycles. The Morgan fingerprint density at radius 3 is 2.73 bits per heavy atom. The smallest absolute Gasteiger partial charge is 0.313 e. The summed E-state index contributed by atoms with van der Waals surface area (Å²) in [5.74, 6) is -1.37. The Hall–Kier alpha value is -1.48. The lowest BCUT2D eigenvalue weighted by Gasteiger charge is -2.01. The molecule has 15 heavy (non-hydrogen) atoms. The summed E-state index contributed by atoms with van der Waals surface area (Å²) in [6.45, 7) is 1.55. The molecule has 0 spiro atoms. The molecule has 1 atom stereocenters. The molecule has 0 aliphatic rings. The normalized spacial score (nSPS) is 12.9. The standard InChI is InChI=1S/C11H9ClO3/c1-6(11(13)14)10-9(12)7-4-2-3-5-8(7)15-10/h2-6H,1H3,(H,13,14). The number of furan rings is 1. The molecule has 78 valence electrons. The van der Waals surface area contributed by atoms with Crippen LogP contribution in [0.2, 0.25) is 5.02 Å². The Kier molecular flexibility index (Phi) is 2.40. The van der Waals surface area contributed by atoms with E-state index in [2.05, 4.69) is 0 Å².